The molecule has 0 bridgehead atoms. The molecule has 3 fully saturated rings. The Morgan fingerprint density at radius 1 is 0.962 bits per heavy atom. The molecule has 3 aliphatic heterocycles. The van der Waals surface area contributed by atoms with Gasteiger partial charge < -0.3 is 38.5 Å². The summed E-state index contributed by atoms with van der Waals surface area (Å²) in [7, 11) is -0.122. The number of nitrogens with zero attached hydrogens (tertiary/aromatic N) is 7. The van der Waals surface area contributed by atoms with Gasteiger partial charge in [-0.2, -0.15) is 0 Å². The molecule has 3 saturated heterocycles. The first-order valence-electron chi connectivity index (χ1n) is 17.3. The van der Waals surface area contributed by atoms with Gasteiger partial charge in [-0.25, -0.2) is 19.7 Å². The van der Waals surface area contributed by atoms with E-state index >= 15 is 0 Å². The molecule has 8 rings (SSSR count). The van der Waals surface area contributed by atoms with Crippen LogP contribution in [0, 0.1) is 0 Å². The molecular weight excluding hydrogens is 734 g/mol. The van der Waals surface area contributed by atoms with Crippen LogP contribution in [0.4, 0.5) is 16.4 Å². The second-order valence-corrected chi connectivity index (χ2v) is 13.1. The Kier molecular flexibility index (Phi) is 11.2. The molecule has 52 heavy (non-hydrogen) atoms. The van der Waals surface area contributed by atoms with Gasteiger partial charge >= 0.3 is 20.1 Å². The van der Waals surface area contributed by atoms with E-state index in [1.165, 1.54) is 0 Å². The first-order chi connectivity index (χ1) is 25.4. The lowest BCUT2D eigenvalue weighted by atomic mass is 9.76. The number of pyridine rings is 3. The Hall–Kier alpha value is -4.68. The van der Waals surface area contributed by atoms with Gasteiger partial charge in [0.05, 0.1) is 32.4 Å². The van der Waals surface area contributed by atoms with Gasteiger partial charge in [-0.3, -0.25) is 19.4 Å². The van der Waals surface area contributed by atoms with Crippen LogP contribution in [-0.4, -0.2) is 120 Å². The smallest absolute Gasteiger partial charge is 0.431 e. The van der Waals surface area contributed by atoms with Crippen molar-refractivity contribution in [3.63, 3.8) is 0 Å². The van der Waals surface area contributed by atoms with Crippen molar-refractivity contribution in [2.24, 2.45) is 0 Å². The molecule has 5 aromatic rings. The molecule has 3 N–H and O–H groups in total. The third kappa shape index (κ3) is 8.67. The molecule has 16 nitrogen and oxygen atoms in total. The first kappa shape index (κ1) is 35.7. The molecule has 19 heteroatoms. The predicted molar refractivity (Wildman–Crippen MR) is 201 cm³/mol. The van der Waals surface area contributed by atoms with Crippen molar-refractivity contribution in [1.29, 1.82) is 0 Å². The van der Waals surface area contributed by atoms with Gasteiger partial charge in [-0.15, -0.1) is 0 Å². The normalized spacial score (nSPS) is 15.2. The van der Waals surface area contributed by atoms with Crippen LogP contribution in [0.3, 0.4) is 0 Å². The van der Waals surface area contributed by atoms with E-state index < -0.39 is 0 Å². The molecule has 5 aromatic heterocycles. The zero-order valence-corrected chi connectivity index (χ0v) is 30.5. The third-order valence-corrected chi connectivity index (χ3v) is 8.98. The minimum Gasteiger partial charge on any atom is -0.476 e. The number of ether oxygens (including phenoxy) is 2. The highest BCUT2D eigenvalue weighted by molar-refractivity contribution is 9.10. The number of urea groups is 1. The first-order valence-corrected chi connectivity index (χ1v) is 18.1. The number of hydrogen-bond donors (Lipinski definition) is 3. The summed E-state index contributed by atoms with van der Waals surface area (Å²) in [4.78, 5) is 40.0. The van der Waals surface area contributed by atoms with Crippen molar-refractivity contribution < 1.29 is 28.4 Å². The zero-order chi connectivity index (χ0) is 36.0. The van der Waals surface area contributed by atoms with E-state index in [4.69, 9.17) is 18.8 Å². The number of morpholine rings is 1. The number of anilines is 2. The molecule has 0 radical (unpaired) electrons. The number of nitrogens with one attached hydrogen (secondary N) is 3. The summed E-state index contributed by atoms with van der Waals surface area (Å²) in [6.07, 6.45) is 7.32. The Balaban J connectivity index is 0.000000169. The van der Waals surface area contributed by atoms with Crippen LogP contribution >= 0.6 is 15.9 Å². The van der Waals surface area contributed by atoms with Crippen molar-refractivity contribution in [2.45, 2.75) is 13.8 Å². The number of rotatable bonds is 12. The van der Waals surface area contributed by atoms with E-state index in [1.807, 2.05) is 71.8 Å². The maximum absolute atomic E-state index is 12.5. The molecule has 0 aliphatic carbocycles. The molecule has 8 heterocycles. The second kappa shape index (κ2) is 16.3. The lowest BCUT2D eigenvalue weighted by molar-refractivity contribution is 0.0320. The fraction of sp³-hybridized carbons (Fsp3) is 0.364. The summed E-state index contributed by atoms with van der Waals surface area (Å²) in [5, 5.41) is 8.26. The molecule has 3 aliphatic rings. The van der Waals surface area contributed by atoms with Gasteiger partial charge in [0.15, 0.2) is 11.5 Å². The van der Waals surface area contributed by atoms with E-state index in [0.717, 1.165) is 54.1 Å². The van der Waals surface area contributed by atoms with Gasteiger partial charge in [0.25, 0.3) is 5.91 Å². The number of fused-ring (bicyclic) bond motifs is 2. The largest absolute Gasteiger partial charge is 0.476 e. The van der Waals surface area contributed by atoms with Crippen LogP contribution in [0.1, 0.15) is 24.3 Å². The number of halogens is 1. The second-order valence-electron chi connectivity index (χ2n) is 12.2. The summed E-state index contributed by atoms with van der Waals surface area (Å²) in [5.41, 5.74) is 3.92. The average Bonchev–Trinajstić information content (AvgIpc) is 4.08. The van der Waals surface area contributed by atoms with E-state index in [2.05, 4.69) is 51.7 Å². The Labute approximate surface area is 309 Å². The van der Waals surface area contributed by atoms with Crippen LogP contribution < -0.4 is 25.4 Å². The van der Waals surface area contributed by atoms with Crippen LogP contribution in [0.25, 0.3) is 22.4 Å². The fourth-order valence-electron chi connectivity index (χ4n) is 5.79. The minimum atomic E-state index is -0.269. The van der Waals surface area contributed by atoms with Gasteiger partial charge in [0.2, 0.25) is 5.88 Å². The number of hydrogen-bond acceptors (Lipinski definition) is 11. The number of amides is 3. The summed E-state index contributed by atoms with van der Waals surface area (Å²) in [6, 6.07) is 11.3. The van der Waals surface area contributed by atoms with E-state index in [9.17, 15) is 9.59 Å². The molecule has 0 saturated carbocycles. The standard InChI is InChI=1S/C21H26N6O3.C12H13B2BrN4O3/c1-2-22-21(28)25-18-15-27-6-5-16(13-19(27)24-18)17-3-4-20(23-14-17)30-12-9-26-7-10-29-11-8-26;1-2-16-12(20)10-11(19(13-6-21-13)14-7-22-14)17-9-5-8(15)3-4-18(9)10/h3-6,13-15H,2,7-12H2,1H3,(H2,22,25,28);3-5H,2,6-7H2,1H3,(H,16,20). The Morgan fingerprint density at radius 3 is 2.42 bits per heavy atom. The molecule has 0 atom stereocenters. The van der Waals surface area contributed by atoms with Crippen LogP contribution in [0.5, 0.6) is 5.88 Å². The van der Waals surface area contributed by atoms with Gasteiger partial charge in [0, 0.05) is 67.4 Å². The van der Waals surface area contributed by atoms with E-state index in [0.29, 0.717) is 61.6 Å². The number of aromatic nitrogens is 5. The maximum Gasteiger partial charge on any atom is 0.431 e. The predicted octanol–water partition coefficient (Wildman–Crippen LogP) is 3.02. The monoisotopic (exact) mass is 772 g/mol. The Morgan fingerprint density at radius 2 is 1.73 bits per heavy atom. The van der Waals surface area contributed by atoms with Crippen molar-refractivity contribution >= 4 is 64.9 Å². The maximum atomic E-state index is 12.5. The molecule has 270 valence electrons. The molecule has 3 amide bonds. The lowest BCUT2D eigenvalue weighted by Gasteiger charge is -2.26. The summed E-state index contributed by atoms with van der Waals surface area (Å²) < 4.78 is 28.4. The highest BCUT2D eigenvalue weighted by Gasteiger charge is 2.52. The van der Waals surface area contributed by atoms with Crippen LogP contribution in [-0.2, 0) is 14.0 Å². The number of carbonyl (C=O) groups excluding carboxylic acids is 2. The minimum absolute atomic E-state index is 0.0611. The molecule has 0 spiro atoms. The van der Waals surface area contributed by atoms with Gasteiger partial charge in [0.1, 0.15) is 23.7 Å². The van der Waals surface area contributed by atoms with Crippen LogP contribution in [0.2, 0.25) is 0 Å². The summed E-state index contributed by atoms with van der Waals surface area (Å²) in [6.45, 7) is 11.1. The van der Waals surface area contributed by atoms with E-state index in [-0.39, 0.29) is 26.0 Å². The third-order valence-electron chi connectivity index (χ3n) is 8.49. The van der Waals surface area contributed by atoms with Crippen molar-refractivity contribution in [1.82, 2.24) is 39.3 Å². The number of carbonyl (C=O) groups is 2. The quantitative estimate of drug-likeness (QED) is 0.126. The summed E-state index contributed by atoms with van der Waals surface area (Å²) >= 11 is 3.44. The van der Waals surface area contributed by atoms with Crippen molar-refractivity contribution in [2.75, 3.05) is 75.6 Å². The average molecular weight is 773 g/mol. The van der Waals surface area contributed by atoms with Gasteiger partial charge in [-0.05, 0) is 49.7 Å². The fourth-order valence-corrected chi connectivity index (χ4v) is 6.11. The number of imidazole rings is 2. The topological polar surface area (TPSA) is 168 Å². The Bertz CT molecular complexity index is 2010. The van der Waals surface area contributed by atoms with Crippen molar-refractivity contribution in [3.05, 3.63) is 71.4 Å². The highest BCUT2D eigenvalue weighted by atomic mass is 79.9. The lowest BCUT2D eigenvalue weighted by Crippen LogP contribution is -2.39. The highest BCUT2D eigenvalue weighted by Crippen LogP contribution is 2.31. The summed E-state index contributed by atoms with van der Waals surface area (Å²) in [5.74, 6) is 1.57. The molecule has 0 unspecified atom stereocenters. The molecular formula is C33H39B2BrN10O6. The van der Waals surface area contributed by atoms with Crippen molar-refractivity contribution in [3.8, 4) is 17.0 Å². The molecule has 0 aromatic carbocycles. The zero-order valence-electron chi connectivity index (χ0n) is 29.0. The van der Waals surface area contributed by atoms with E-state index in [1.54, 1.807) is 16.8 Å². The SMILES string of the molecule is CCNC(=O)Nc1cn2ccc(-c3ccc(OCCN4CCOCC4)nc3)cc2n1.CCNC(=O)c1c(N(B2CO2)B2CO2)nc2cc(Br)ccn12. The van der Waals surface area contributed by atoms with Gasteiger partial charge in [-0.1, -0.05) is 15.9 Å². The van der Waals surface area contributed by atoms with Crippen LogP contribution in [0.15, 0.2) is 65.7 Å².